The molecule has 1 aliphatic heterocycles. The van der Waals surface area contributed by atoms with Crippen LogP contribution in [0.4, 0.5) is 0 Å². The lowest BCUT2D eigenvalue weighted by atomic mass is 10.0. The average molecular weight is 552 g/mol. The molecule has 1 aliphatic rings. The van der Waals surface area contributed by atoms with Gasteiger partial charge in [0.2, 0.25) is 0 Å². The van der Waals surface area contributed by atoms with Gasteiger partial charge in [0, 0.05) is 42.0 Å². The molecule has 4 aromatic rings. The van der Waals surface area contributed by atoms with Gasteiger partial charge >= 0.3 is 0 Å². The van der Waals surface area contributed by atoms with E-state index in [2.05, 4.69) is 10.3 Å². The van der Waals surface area contributed by atoms with Crippen LogP contribution in [0.1, 0.15) is 19.8 Å². The molecule has 39 heavy (non-hydrogen) atoms. The fourth-order valence-corrected chi connectivity index (χ4v) is 5.65. The Morgan fingerprint density at radius 3 is 2.59 bits per heavy atom. The van der Waals surface area contributed by atoms with Crippen molar-refractivity contribution in [1.82, 2.24) is 14.9 Å². The number of hydrogen-bond acceptors (Lipinski definition) is 7. The molecule has 0 radical (unpaired) electrons. The highest BCUT2D eigenvalue weighted by atomic mass is 32.2. The Kier molecular flexibility index (Phi) is 8.06. The summed E-state index contributed by atoms with van der Waals surface area (Å²) in [6, 6.07) is 13.9. The molecule has 206 valence electrons. The van der Waals surface area contributed by atoms with Crippen molar-refractivity contribution in [1.29, 1.82) is 0 Å². The summed E-state index contributed by atoms with van der Waals surface area (Å²) in [5.74, 6) is 1.61. The Labute approximate surface area is 227 Å². The van der Waals surface area contributed by atoms with E-state index in [4.69, 9.17) is 14.2 Å². The number of aromatic nitrogens is 2. The van der Waals surface area contributed by atoms with Gasteiger partial charge < -0.3 is 29.1 Å². The third-order valence-corrected chi connectivity index (χ3v) is 8.63. The summed E-state index contributed by atoms with van der Waals surface area (Å²) in [6.45, 7) is 4.50. The molecule has 0 unspecified atom stereocenters. The number of nitrogens with zero attached hydrogens (tertiary/aromatic N) is 1. The molecule has 0 spiro atoms. The van der Waals surface area contributed by atoms with Gasteiger partial charge in [-0.05, 0) is 62.3 Å². The number of H-pyrrole nitrogens is 1. The van der Waals surface area contributed by atoms with E-state index in [1.54, 1.807) is 56.7 Å². The minimum absolute atomic E-state index is 0.0276. The average Bonchev–Trinajstić information content (AvgIpc) is 3.45. The normalized spacial score (nSPS) is 14.5. The number of piperidine rings is 1. The van der Waals surface area contributed by atoms with E-state index in [9.17, 15) is 13.2 Å². The van der Waals surface area contributed by atoms with Crippen LogP contribution in [-0.2, 0) is 21.6 Å². The number of benzene rings is 2. The van der Waals surface area contributed by atoms with E-state index in [0.29, 0.717) is 52.5 Å². The van der Waals surface area contributed by atoms with Gasteiger partial charge in [-0.25, -0.2) is 8.42 Å². The number of aryl methyl sites for hydroxylation is 1. The van der Waals surface area contributed by atoms with Gasteiger partial charge in [0.05, 0.1) is 23.4 Å². The van der Waals surface area contributed by atoms with Crippen LogP contribution in [0.3, 0.4) is 0 Å². The van der Waals surface area contributed by atoms with Crippen molar-refractivity contribution in [3.05, 3.63) is 71.3 Å². The molecule has 0 amide bonds. The lowest BCUT2D eigenvalue weighted by Crippen LogP contribution is -2.33. The van der Waals surface area contributed by atoms with Crippen LogP contribution in [0.2, 0.25) is 0 Å². The van der Waals surface area contributed by atoms with Crippen LogP contribution < -0.4 is 20.3 Å². The Bertz CT molecular complexity index is 1620. The van der Waals surface area contributed by atoms with E-state index in [1.807, 2.05) is 18.2 Å². The highest BCUT2D eigenvalue weighted by Gasteiger charge is 2.20. The molecule has 0 atom stereocenters. The van der Waals surface area contributed by atoms with Crippen molar-refractivity contribution in [3.63, 3.8) is 0 Å². The molecule has 0 bridgehead atoms. The maximum absolute atomic E-state index is 12.7. The Morgan fingerprint density at radius 1 is 1.00 bits per heavy atom. The highest BCUT2D eigenvalue weighted by Crippen LogP contribution is 2.38. The van der Waals surface area contributed by atoms with Crippen LogP contribution in [0.25, 0.3) is 22.0 Å². The molecule has 10 heteroatoms. The SMILES string of the molecule is CCS(=O)(=O)c1ccc(Oc2cccc(OCCOC3CCNCC3)c2)c(-c2cn(C)c(=O)c3[nH]ccc23)c1. The maximum atomic E-state index is 12.7. The van der Waals surface area contributed by atoms with Crippen LogP contribution in [-0.4, -0.2) is 56.1 Å². The molecule has 1 fully saturated rings. The van der Waals surface area contributed by atoms with Crippen molar-refractivity contribution in [3.8, 4) is 28.4 Å². The summed E-state index contributed by atoms with van der Waals surface area (Å²) < 4.78 is 45.0. The zero-order valence-electron chi connectivity index (χ0n) is 22.1. The van der Waals surface area contributed by atoms with E-state index in [-0.39, 0.29) is 22.3 Å². The summed E-state index contributed by atoms with van der Waals surface area (Å²) in [6.07, 6.45) is 5.68. The summed E-state index contributed by atoms with van der Waals surface area (Å²) in [4.78, 5) is 15.8. The number of sulfone groups is 1. The van der Waals surface area contributed by atoms with Crippen molar-refractivity contribution >= 4 is 20.7 Å². The number of ether oxygens (including phenoxy) is 3. The van der Waals surface area contributed by atoms with Crippen LogP contribution >= 0.6 is 0 Å². The number of nitrogens with one attached hydrogen (secondary N) is 2. The van der Waals surface area contributed by atoms with Gasteiger partial charge in [0.25, 0.3) is 5.56 Å². The largest absolute Gasteiger partial charge is 0.491 e. The summed E-state index contributed by atoms with van der Waals surface area (Å²) in [7, 11) is -1.81. The van der Waals surface area contributed by atoms with Gasteiger partial charge in [-0.15, -0.1) is 0 Å². The monoisotopic (exact) mass is 551 g/mol. The van der Waals surface area contributed by atoms with Gasteiger partial charge in [-0.2, -0.15) is 0 Å². The third kappa shape index (κ3) is 6.03. The van der Waals surface area contributed by atoms with Crippen molar-refractivity contribution in [2.24, 2.45) is 7.05 Å². The topological polar surface area (TPSA) is 112 Å². The second-order valence-corrected chi connectivity index (χ2v) is 11.8. The molecule has 0 aliphatic carbocycles. The quantitative estimate of drug-likeness (QED) is 0.283. The molecule has 1 saturated heterocycles. The molecule has 2 aromatic heterocycles. The molecular weight excluding hydrogens is 518 g/mol. The Morgan fingerprint density at radius 2 is 1.79 bits per heavy atom. The van der Waals surface area contributed by atoms with E-state index in [1.165, 1.54) is 4.57 Å². The number of rotatable bonds is 10. The number of hydrogen-bond donors (Lipinski definition) is 2. The lowest BCUT2D eigenvalue weighted by molar-refractivity contribution is 0.0168. The first-order valence-corrected chi connectivity index (χ1v) is 14.8. The highest BCUT2D eigenvalue weighted by molar-refractivity contribution is 7.91. The van der Waals surface area contributed by atoms with Gasteiger partial charge in [-0.1, -0.05) is 13.0 Å². The first-order chi connectivity index (χ1) is 18.9. The molecule has 0 saturated carbocycles. The Balaban J connectivity index is 1.42. The summed E-state index contributed by atoms with van der Waals surface area (Å²) in [5.41, 5.74) is 1.50. The predicted octanol–water partition coefficient (Wildman–Crippen LogP) is 4.27. The molecule has 2 aromatic carbocycles. The van der Waals surface area contributed by atoms with Crippen LogP contribution in [0, 0.1) is 0 Å². The smallest absolute Gasteiger partial charge is 0.274 e. The van der Waals surface area contributed by atoms with E-state index < -0.39 is 9.84 Å². The zero-order valence-corrected chi connectivity index (χ0v) is 22.9. The first kappa shape index (κ1) is 27.0. The Hall–Kier alpha value is -3.60. The van der Waals surface area contributed by atoms with Crippen molar-refractivity contribution < 1.29 is 22.6 Å². The molecule has 3 heterocycles. The van der Waals surface area contributed by atoms with Gasteiger partial charge in [-0.3, -0.25) is 4.79 Å². The lowest BCUT2D eigenvalue weighted by Gasteiger charge is -2.22. The molecule has 5 rings (SSSR count). The number of aromatic amines is 1. The zero-order chi connectivity index (χ0) is 27.4. The van der Waals surface area contributed by atoms with E-state index in [0.717, 1.165) is 25.9 Å². The van der Waals surface area contributed by atoms with Crippen molar-refractivity contribution in [2.75, 3.05) is 32.1 Å². The minimum atomic E-state index is -3.47. The van der Waals surface area contributed by atoms with Crippen LogP contribution in [0.15, 0.2) is 70.6 Å². The van der Waals surface area contributed by atoms with E-state index >= 15 is 0 Å². The molecule has 2 N–H and O–H groups in total. The second kappa shape index (κ2) is 11.6. The fraction of sp³-hybridized carbons (Fsp3) is 0.345. The molecular formula is C29H33N3O6S. The first-order valence-electron chi connectivity index (χ1n) is 13.1. The number of pyridine rings is 1. The third-order valence-electron chi connectivity index (χ3n) is 6.90. The summed E-state index contributed by atoms with van der Waals surface area (Å²) >= 11 is 0. The minimum Gasteiger partial charge on any atom is -0.491 e. The maximum Gasteiger partial charge on any atom is 0.274 e. The molecule has 9 nitrogen and oxygen atoms in total. The second-order valence-electron chi connectivity index (χ2n) is 9.53. The standard InChI is InChI=1S/C29H33N3O6S/c1-3-39(34,35)23-7-8-27(25(18-23)26-19-32(2)29(33)28-24(26)11-14-31-28)38-22-6-4-5-21(17-22)37-16-15-36-20-9-12-30-13-10-20/h4-8,11,14,17-20,30-31H,3,9-10,12-13,15-16H2,1-2H3. The van der Waals surface area contributed by atoms with Crippen LogP contribution in [0.5, 0.6) is 17.2 Å². The van der Waals surface area contributed by atoms with Crippen molar-refractivity contribution in [2.45, 2.75) is 30.8 Å². The summed E-state index contributed by atoms with van der Waals surface area (Å²) in [5, 5.41) is 4.01. The fourth-order valence-electron chi connectivity index (χ4n) is 4.74. The number of fused-ring (bicyclic) bond motifs is 1. The predicted molar refractivity (Wildman–Crippen MR) is 151 cm³/mol. The van der Waals surface area contributed by atoms with Gasteiger partial charge in [0.1, 0.15) is 29.4 Å². The van der Waals surface area contributed by atoms with Gasteiger partial charge in [0.15, 0.2) is 9.84 Å².